The summed E-state index contributed by atoms with van der Waals surface area (Å²) in [7, 11) is 0. The van der Waals surface area contributed by atoms with Crippen LogP contribution in [0.1, 0.15) is 103 Å². The van der Waals surface area contributed by atoms with Crippen LogP contribution in [0, 0.1) is 5.41 Å². The van der Waals surface area contributed by atoms with Crippen molar-refractivity contribution in [2.75, 3.05) is 0 Å². The number of hydrogen-bond acceptors (Lipinski definition) is 3. The average Bonchev–Trinajstić information content (AvgIpc) is 2.67. The average molecular weight is 419 g/mol. The van der Waals surface area contributed by atoms with Crippen molar-refractivity contribution < 1.29 is 19.4 Å². The highest BCUT2D eigenvalue weighted by Crippen LogP contribution is 2.24. The Balaban J connectivity index is 2.18. The van der Waals surface area contributed by atoms with Gasteiger partial charge in [0.05, 0.1) is 5.41 Å². The Labute approximate surface area is 183 Å². The second-order valence-electron chi connectivity index (χ2n) is 9.81. The first kappa shape index (κ1) is 26.2. The molecule has 1 aromatic carbocycles. The van der Waals surface area contributed by atoms with Crippen LogP contribution in [0.25, 0.3) is 0 Å². The van der Waals surface area contributed by atoms with E-state index in [1.807, 2.05) is 27.7 Å². The van der Waals surface area contributed by atoms with Crippen LogP contribution < -0.4 is 0 Å². The number of benzene rings is 1. The van der Waals surface area contributed by atoms with Crippen LogP contribution in [0.2, 0.25) is 0 Å². The summed E-state index contributed by atoms with van der Waals surface area (Å²) in [6, 6.07) is 8.94. The van der Waals surface area contributed by atoms with Gasteiger partial charge in [0.2, 0.25) is 0 Å². The van der Waals surface area contributed by atoms with Gasteiger partial charge in [-0.05, 0) is 83.8 Å². The molecular formula is C26H42O4. The maximum Gasteiger partial charge on any atom is 0.309 e. The number of aliphatic carboxylic acids is 1. The summed E-state index contributed by atoms with van der Waals surface area (Å²) in [6.45, 7) is 8.09. The fourth-order valence-corrected chi connectivity index (χ4v) is 3.72. The predicted octanol–water partition coefficient (Wildman–Crippen LogP) is 6.74. The van der Waals surface area contributed by atoms with Crippen molar-refractivity contribution in [2.24, 2.45) is 5.41 Å². The van der Waals surface area contributed by atoms with E-state index < -0.39 is 11.4 Å². The third kappa shape index (κ3) is 11.4. The molecule has 0 aliphatic rings. The quantitative estimate of drug-likeness (QED) is 0.225. The third-order valence-electron chi connectivity index (χ3n) is 5.95. The largest absolute Gasteiger partial charge is 0.481 e. The molecule has 0 heterocycles. The molecule has 0 aromatic heterocycles. The molecule has 30 heavy (non-hydrogen) atoms. The minimum absolute atomic E-state index is 0.345. The lowest BCUT2D eigenvalue weighted by Crippen LogP contribution is -2.23. The van der Waals surface area contributed by atoms with Gasteiger partial charge in [0.15, 0.2) is 0 Å². The van der Waals surface area contributed by atoms with Crippen molar-refractivity contribution >= 4 is 12.4 Å². The number of ether oxygens (including phenoxy) is 1. The van der Waals surface area contributed by atoms with Crippen molar-refractivity contribution in [3.63, 3.8) is 0 Å². The lowest BCUT2D eigenvalue weighted by atomic mass is 9.87. The molecule has 0 bridgehead atoms. The Kier molecular flexibility index (Phi) is 11.8. The maximum atomic E-state index is 11.1. The Morgan fingerprint density at radius 3 is 1.87 bits per heavy atom. The number of hydrogen-bond donors (Lipinski definition) is 1. The first-order valence-corrected chi connectivity index (χ1v) is 11.6. The zero-order valence-electron chi connectivity index (χ0n) is 19.5. The highest BCUT2D eigenvalue weighted by molar-refractivity contribution is 5.73. The molecule has 0 radical (unpaired) electrons. The van der Waals surface area contributed by atoms with E-state index in [9.17, 15) is 9.59 Å². The minimum atomic E-state index is -0.699. The normalized spacial score (nSPS) is 12.0. The first-order chi connectivity index (χ1) is 14.2. The standard InChI is InChI=1S/C26H42O4/c1-25(2,24(28)29)18-11-7-5-9-14-22-16-13-17-23(20-22)15-10-6-8-12-19-26(3,4)30-21-27/h13,16-17,20-21H,5-12,14-15,18-19H2,1-4H3,(H,28,29). The Bertz CT molecular complexity index is 634. The highest BCUT2D eigenvalue weighted by atomic mass is 16.5. The topological polar surface area (TPSA) is 63.6 Å². The molecule has 0 fully saturated rings. The molecular weight excluding hydrogens is 376 g/mol. The molecule has 4 nitrogen and oxygen atoms in total. The van der Waals surface area contributed by atoms with Gasteiger partial charge in [0, 0.05) is 0 Å². The van der Waals surface area contributed by atoms with Gasteiger partial charge in [-0.25, -0.2) is 0 Å². The van der Waals surface area contributed by atoms with E-state index in [-0.39, 0.29) is 5.60 Å². The van der Waals surface area contributed by atoms with E-state index in [2.05, 4.69) is 24.3 Å². The van der Waals surface area contributed by atoms with Crippen LogP contribution >= 0.6 is 0 Å². The van der Waals surface area contributed by atoms with Gasteiger partial charge >= 0.3 is 5.97 Å². The Hall–Kier alpha value is -1.84. The smallest absolute Gasteiger partial charge is 0.309 e. The summed E-state index contributed by atoms with van der Waals surface area (Å²) in [5.41, 5.74) is 1.88. The molecule has 170 valence electrons. The van der Waals surface area contributed by atoms with Crippen LogP contribution in [0.5, 0.6) is 0 Å². The Morgan fingerprint density at radius 2 is 1.37 bits per heavy atom. The maximum absolute atomic E-state index is 11.1. The number of carbonyl (C=O) groups excluding carboxylic acids is 1. The monoisotopic (exact) mass is 418 g/mol. The van der Waals surface area contributed by atoms with Gasteiger partial charge in [-0.3, -0.25) is 9.59 Å². The number of rotatable bonds is 17. The molecule has 1 rings (SSSR count). The molecule has 0 saturated heterocycles. The van der Waals surface area contributed by atoms with Gasteiger partial charge in [0.25, 0.3) is 6.47 Å². The van der Waals surface area contributed by atoms with Crippen molar-refractivity contribution in [1.29, 1.82) is 0 Å². The summed E-state index contributed by atoms with van der Waals surface area (Å²) in [5.74, 6) is -0.699. The number of carboxylic acids is 1. The zero-order valence-corrected chi connectivity index (χ0v) is 19.5. The van der Waals surface area contributed by atoms with E-state index in [1.165, 1.54) is 30.4 Å². The van der Waals surface area contributed by atoms with Crippen LogP contribution in [0.4, 0.5) is 0 Å². The molecule has 0 aliphatic carbocycles. The van der Waals surface area contributed by atoms with Crippen molar-refractivity contribution in [3.05, 3.63) is 35.4 Å². The van der Waals surface area contributed by atoms with E-state index in [4.69, 9.17) is 9.84 Å². The van der Waals surface area contributed by atoms with E-state index in [0.717, 1.165) is 57.8 Å². The second kappa shape index (κ2) is 13.5. The lowest BCUT2D eigenvalue weighted by molar-refractivity contribution is -0.147. The molecule has 4 heteroatoms. The summed E-state index contributed by atoms with van der Waals surface area (Å²) < 4.78 is 5.09. The van der Waals surface area contributed by atoms with Crippen LogP contribution in [-0.4, -0.2) is 23.1 Å². The van der Waals surface area contributed by atoms with Gasteiger partial charge in [-0.2, -0.15) is 0 Å². The molecule has 1 aromatic rings. The molecule has 0 unspecified atom stereocenters. The molecule has 0 amide bonds. The molecule has 0 spiro atoms. The summed E-state index contributed by atoms with van der Waals surface area (Å²) in [6.07, 6.45) is 12.9. The number of unbranched alkanes of at least 4 members (excludes halogenated alkanes) is 6. The van der Waals surface area contributed by atoms with E-state index in [1.54, 1.807) is 0 Å². The number of carbonyl (C=O) groups is 2. The van der Waals surface area contributed by atoms with E-state index in [0.29, 0.717) is 6.47 Å². The fraction of sp³-hybridized carbons (Fsp3) is 0.692. The zero-order chi connectivity index (χ0) is 22.5. The first-order valence-electron chi connectivity index (χ1n) is 11.6. The van der Waals surface area contributed by atoms with Gasteiger partial charge in [-0.1, -0.05) is 56.4 Å². The predicted molar refractivity (Wildman–Crippen MR) is 123 cm³/mol. The molecule has 1 N–H and O–H groups in total. The van der Waals surface area contributed by atoms with Gasteiger partial charge in [0.1, 0.15) is 5.60 Å². The third-order valence-corrected chi connectivity index (χ3v) is 5.95. The molecule has 0 atom stereocenters. The highest BCUT2D eigenvalue weighted by Gasteiger charge is 2.25. The summed E-state index contributed by atoms with van der Waals surface area (Å²) >= 11 is 0. The summed E-state index contributed by atoms with van der Waals surface area (Å²) in [4.78, 5) is 21.6. The number of carboxylic acid groups (broad SMARTS) is 1. The fourth-order valence-electron chi connectivity index (χ4n) is 3.72. The second-order valence-corrected chi connectivity index (χ2v) is 9.81. The minimum Gasteiger partial charge on any atom is -0.481 e. The van der Waals surface area contributed by atoms with Crippen LogP contribution in [-0.2, 0) is 27.2 Å². The van der Waals surface area contributed by atoms with E-state index >= 15 is 0 Å². The Morgan fingerprint density at radius 1 is 0.867 bits per heavy atom. The van der Waals surface area contributed by atoms with Gasteiger partial charge < -0.3 is 9.84 Å². The SMILES string of the molecule is CC(C)(CCCCCCc1cccc(CCCCCCC(C)(C)C(=O)O)c1)OC=O. The van der Waals surface area contributed by atoms with Crippen molar-refractivity contribution in [1.82, 2.24) is 0 Å². The number of aryl methyl sites for hydroxylation is 2. The van der Waals surface area contributed by atoms with Crippen molar-refractivity contribution in [3.8, 4) is 0 Å². The van der Waals surface area contributed by atoms with Crippen LogP contribution in [0.3, 0.4) is 0 Å². The van der Waals surface area contributed by atoms with Crippen molar-refractivity contribution in [2.45, 2.75) is 110 Å². The molecule has 0 saturated carbocycles. The summed E-state index contributed by atoms with van der Waals surface area (Å²) in [5, 5.41) is 9.16. The molecule has 0 aliphatic heterocycles. The van der Waals surface area contributed by atoms with Gasteiger partial charge in [-0.15, -0.1) is 0 Å². The lowest BCUT2D eigenvalue weighted by Gasteiger charge is -2.22. The van der Waals surface area contributed by atoms with Crippen LogP contribution in [0.15, 0.2) is 24.3 Å².